The largest absolute Gasteiger partial charge is 0.495 e. The second-order valence-corrected chi connectivity index (χ2v) is 8.41. The van der Waals surface area contributed by atoms with Crippen molar-refractivity contribution in [2.75, 3.05) is 24.9 Å². The quantitative estimate of drug-likeness (QED) is 0.181. The van der Waals surface area contributed by atoms with E-state index in [-0.39, 0.29) is 11.6 Å². The summed E-state index contributed by atoms with van der Waals surface area (Å²) in [5, 5.41) is 6.22. The summed E-state index contributed by atoms with van der Waals surface area (Å²) < 4.78 is 11.1. The van der Waals surface area contributed by atoms with E-state index in [0.717, 1.165) is 22.5 Å². The molecule has 0 aliphatic rings. The van der Waals surface area contributed by atoms with Gasteiger partial charge in [-0.15, -0.1) is 0 Å². The lowest BCUT2D eigenvalue weighted by atomic mass is 10.0. The Labute approximate surface area is 227 Å². The first kappa shape index (κ1) is 26.8. The number of allylic oxidation sites excluding steroid dienone is 2. The molecule has 0 atom stereocenters. The van der Waals surface area contributed by atoms with Crippen LogP contribution in [0.5, 0.6) is 11.5 Å². The van der Waals surface area contributed by atoms with Crippen LogP contribution in [0.1, 0.15) is 31.8 Å². The molecule has 0 unspecified atom stereocenters. The maximum Gasteiger partial charge on any atom is 0.188 e. The highest BCUT2D eigenvalue weighted by Crippen LogP contribution is 2.30. The Morgan fingerprint density at radius 1 is 0.718 bits per heavy atom. The summed E-state index contributed by atoms with van der Waals surface area (Å²) in [5.41, 5.74) is 4.59. The molecule has 2 N–H and O–H groups in total. The molecular formula is C31H28N4O4. The van der Waals surface area contributed by atoms with E-state index in [0.29, 0.717) is 29.0 Å². The van der Waals surface area contributed by atoms with Crippen molar-refractivity contribution < 1.29 is 19.1 Å². The van der Waals surface area contributed by atoms with Crippen molar-refractivity contribution in [2.45, 2.75) is 6.42 Å². The second-order valence-electron chi connectivity index (χ2n) is 8.41. The van der Waals surface area contributed by atoms with E-state index < -0.39 is 0 Å². The van der Waals surface area contributed by atoms with Crippen molar-refractivity contribution in [3.8, 4) is 11.5 Å². The molecule has 8 heteroatoms. The van der Waals surface area contributed by atoms with Crippen LogP contribution in [-0.4, -0.2) is 35.8 Å². The number of nitrogens with zero attached hydrogens (tertiary/aromatic N) is 2. The molecule has 39 heavy (non-hydrogen) atoms. The highest BCUT2D eigenvalue weighted by atomic mass is 16.5. The summed E-state index contributed by atoms with van der Waals surface area (Å²) in [7, 11) is 3.20. The highest BCUT2D eigenvalue weighted by Gasteiger charge is 2.08. The van der Waals surface area contributed by atoms with E-state index in [9.17, 15) is 9.59 Å². The second kappa shape index (κ2) is 13.3. The molecule has 2 heterocycles. The number of methoxy groups -OCH3 is 2. The van der Waals surface area contributed by atoms with Crippen LogP contribution in [0.15, 0.2) is 110 Å². The Kier molecular flexibility index (Phi) is 9.18. The molecule has 0 spiro atoms. The van der Waals surface area contributed by atoms with E-state index in [1.165, 1.54) is 24.5 Å². The molecule has 0 saturated heterocycles. The van der Waals surface area contributed by atoms with Gasteiger partial charge in [0.25, 0.3) is 0 Å². The molecule has 0 bridgehead atoms. The maximum absolute atomic E-state index is 12.2. The number of nitrogens with one attached hydrogen (secondary N) is 2. The Morgan fingerprint density at radius 2 is 1.18 bits per heavy atom. The molecule has 2 aromatic carbocycles. The Bertz CT molecular complexity index is 1370. The first-order chi connectivity index (χ1) is 19.1. The predicted molar refractivity (Wildman–Crippen MR) is 151 cm³/mol. The third-order valence-corrected chi connectivity index (χ3v) is 5.78. The summed E-state index contributed by atoms with van der Waals surface area (Å²) in [4.78, 5) is 32.4. The van der Waals surface area contributed by atoms with Crippen molar-refractivity contribution in [1.82, 2.24) is 9.97 Å². The number of hydrogen-bond acceptors (Lipinski definition) is 8. The minimum Gasteiger partial charge on any atom is -0.495 e. The first-order valence-electron chi connectivity index (χ1n) is 12.2. The SMILES string of the molecule is COc1cc(Cc2ccc(N/C=C\C(=O)c3cccnc3)c(OC)c2)ccc1N/C=C\C(=O)c1cccnc1. The Morgan fingerprint density at radius 3 is 1.56 bits per heavy atom. The van der Waals surface area contributed by atoms with Gasteiger partial charge in [-0.05, 0) is 66.1 Å². The fourth-order valence-corrected chi connectivity index (χ4v) is 3.79. The van der Waals surface area contributed by atoms with Gasteiger partial charge >= 0.3 is 0 Å². The Balaban J connectivity index is 1.39. The monoisotopic (exact) mass is 520 g/mol. The molecule has 0 aliphatic heterocycles. The zero-order chi connectivity index (χ0) is 27.5. The van der Waals surface area contributed by atoms with E-state index >= 15 is 0 Å². The zero-order valence-corrected chi connectivity index (χ0v) is 21.6. The van der Waals surface area contributed by atoms with Crippen molar-refractivity contribution in [1.29, 1.82) is 0 Å². The number of hydrogen-bond donors (Lipinski definition) is 2. The fourth-order valence-electron chi connectivity index (χ4n) is 3.79. The molecule has 0 fully saturated rings. The summed E-state index contributed by atoms with van der Waals surface area (Å²) in [6.07, 6.45) is 13.0. The topological polar surface area (TPSA) is 102 Å². The number of rotatable bonds is 12. The number of pyridine rings is 2. The lowest BCUT2D eigenvalue weighted by Crippen LogP contribution is -1.99. The molecule has 4 aromatic rings. The molecule has 0 radical (unpaired) electrons. The third kappa shape index (κ3) is 7.39. The van der Waals surface area contributed by atoms with E-state index in [2.05, 4.69) is 20.6 Å². The average Bonchev–Trinajstić information content (AvgIpc) is 2.99. The number of carbonyl (C=O) groups excluding carboxylic acids is 2. The summed E-state index contributed by atoms with van der Waals surface area (Å²) in [6, 6.07) is 18.6. The van der Waals surface area contributed by atoms with E-state index in [4.69, 9.17) is 9.47 Å². The number of ether oxygens (including phenoxy) is 2. The van der Waals surface area contributed by atoms with Crippen LogP contribution in [-0.2, 0) is 6.42 Å². The summed E-state index contributed by atoms with van der Waals surface area (Å²) in [6.45, 7) is 0. The van der Waals surface area contributed by atoms with Crippen LogP contribution in [0, 0.1) is 0 Å². The van der Waals surface area contributed by atoms with Gasteiger partial charge in [-0.3, -0.25) is 19.6 Å². The van der Waals surface area contributed by atoms with Crippen molar-refractivity contribution in [2.24, 2.45) is 0 Å². The molecule has 0 aliphatic carbocycles. The molecule has 8 nitrogen and oxygen atoms in total. The van der Waals surface area contributed by atoms with Gasteiger partial charge in [0.05, 0.1) is 25.6 Å². The highest BCUT2D eigenvalue weighted by molar-refractivity contribution is 6.04. The minimum atomic E-state index is -0.145. The normalized spacial score (nSPS) is 10.9. The summed E-state index contributed by atoms with van der Waals surface area (Å²) in [5.74, 6) is 1.02. The van der Waals surface area contributed by atoms with E-state index in [1.807, 2.05) is 36.4 Å². The molecule has 2 aromatic heterocycles. The van der Waals surface area contributed by atoms with Crippen molar-refractivity contribution >= 4 is 22.9 Å². The van der Waals surface area contributed by atoms with Gasteiger partial charge < -0.3 is 20.1 Å². The van der Waals surface area contributed by atoms with Crippen LogP contribution in [0.2, 0.25) is 0 Å². The van der Waals surface area contributed by atoms with Gasteiger partial charge in [0.2, 0.25) is 0 Å². The smallest absolute Gasteiger partial charge is 0.188 e. The fraction of sp³-hybridized carbons (Fsp3) is 0.0968. The minimum absolute atomic E-state index is 0.145. The van der Waals surface area contributed by atoms with Gasteiger partial charge in [0.1, 0.15) is 11.5 Å². The summed E-state index contributed by atoms with van der Waals surface area (Å²) >= 11 is 0. The average molecular weight is 521 g/mol. The first-order valence-corrected chi connectivity index (χ1v) is 12.2. The standard InChI is InChI=1S/C31H28N4O4/c1-38-30-18-22(7-9-26(30)34-15-11-28(36)24-5-3-13-32-20-24)17-23-8-10-27(31(19-23)39-2)35-16-12-29(37)25-6-4-14-33-21-25/h3-16,18-21,34-35H,17H2,1-2H3/b15-11-,16-12-. The van der Waals surface area contributed by atoms with Crippen LogP contribution >= 0.6 is 0 Å². The van der Waals surface area contributed by atoms with Crippen molar-refractivity contribution in [3.63, 3.8) is 0 Å². The van der Waals surface area contributed by atoms with Gasteiger partial charge in [0, 0.05) is 60.5 Å². The number of aromatic nitrogens is 2. The Hall–Kier alpha value is -5.24. The number of anilines is 2. The lowest BCUT2D eigenvalue weighted by Gasteiger charge is -2.13. The zero-order valence-electron chi connectivity index (χ0n) is 21.6. The number of ketones is 2. The van der Waals surface area contributed by atoms with Crippen LogP contribution in [0.4, 0.5) is 11.4 Å². The van der Waals surface area contributed by atoms with Crippen molar-refractivity contribution in [3.05, 3.63) is 132 Å². The van der Waals surface area contributed by atoms with Crippen LogP contribution < -0.4 is 20.1 Å². The van der Waals surface area contributed by atoms with Gasteiger partial charge in [0.15, 0.2) is 11.6 Å². The predicted octanol–water partition coefficient (Wildman–Crippen LogP) is 5.70. The molecule has 4 rings (SSSR count). The molecule has 0 amide bonds. The molecular weight excluding hydrogens is 492 g/mol. The van der Waals surface area contributed by atoms with Gasteiger partial charge in [-0.1, -0.05) is 12.1 Å². The van der Waals surface area contributed by atoms with Crippen LogP contribution in [0.3, 0.4) is 0 Å². The van der Waals surface area contributed by atoms with E-state index in [1.54, 1.807) is 63.3 Å². The van der Waals surface area contributed by atoms with Gasteiger partial charge in [-0.25, -0.2) is 0 Å². The number of carbonyl (C=O) groups is 2. The number of benzene rings is 2. The van der Waals surface area contributed by atoms with Gasteiger partial charge in [-0.2, -0.15) is 0 Å². The third-order valence-electron chi connectivity index (χ3n) is 5.78. The molecule has 196 valence electrons. The van der Waals surface area contributed by atoms with Crippen LogP contribution in [0.25, 0.3) is 0 Å². The molecule has 0 saturated carbocycles. The maximum atomic E-state index is 12.2. The lowest BCUT2D eigenvalue weighted by molar-refractivity contribution is 0.103.